The molecule has 0 unspecified atom stereocenters. The van der Waals surface area contributed by atoms with Crippen molar-refractivity contribution in [3.8, 4) is 11.5 Å². The first kappa shape index (κ1) is 18.9. The molecule has 3 rings (SSSR count). The number of methoxy groups -OCH3 is 2. The third kappa shape index (κ3) is 4.65. The lowest BCUT2D eigenvalue weighted by Gasteiger charge is -2.34. The first-order chi connectivity index (χ1) is 13.1. The summed E-state index contributed by atoms with van der Waals surface area (Å²) in [6.07, 6.45) is 0. The van der Waals surface area contributed by atoms with Crippen LogP contribution in [0.4, 0.5) is 0 Å². The standard InChI is InChI=1S/C21H24N2O4/c1-26-18-7-3-16(4-8-18)20(24)15-22-11-13-23(14-12-22)21(25)17-5-9-19(27-2)10-6-17/h3-10H,11-15H2,1-2H3. The van der Waals surface area contributed by atoms with Gasteiger partial charge in [0.05, 0.1) is 20.8 Å². The summed E-state index contributed by atoms with van der Waals surface area (Å²) in [6, 6.07) is 14.3. The monoisotopic (exact) mass is 368 g/mol. The maximum atomic E-state index is 12.6. The van der Waals surface area contributed by atoms with E-state index in [0.29, 0.717) is 43.9 Å². The Morgan fingerprint density at radius 3 is 1.74 bits per heavy atom. The van der Waals surface area contributed by atoms with Crippen molar-refractivity contribution in [3.05, 3.63) is 59.7 Å². The second kappa shape index (κ2) is 8.68. The van der Waals surface area contributed by atoms with E-state index in [4.69, 9.17) is 9.47 Å². The minimum atomic E-state index is 0.0128. The summed E-state index contributed by atoms with van der Waals surface area (Å²) in [7, 11) is 3.20. The summed E-state index contributed by atoms with van der Waals surface area (Å²) < 4.78 is 10.2. The fourth-order valence-corrected chi connectivity index (χ4v) is 3.10. The van der Waals surface area contributed by atoms with E-state index in [2.05, 4.69) is 4.90 Å². The Morgan fingerprint density at radius 2 is 1.26 bits per heavy atom. The van der Waals surface area contributed by atoms with Gasteiger partial charge >= 0.3 is 0 Å². The zero-order valence-corrected chi connectivity index (χ0v) is 15.7. The molecule has 0 aliphatic carbocycles. The number of amides is 1. The van der Waals surface area contributed by atoms with E-state index >= 15 is 0 Å². The van der Waals surface area contributed by atoms with Gasteiger partial charge in [-0.05, 0) is 48.5 Å². The van der Waals surface area contributed by atoms with Crippen molar-refractivity contribution in [2.45, 2.75) is 0 Å². The molecule has 1 aliphatic heterocycles. The molecular formula is C21H24N2O4. The summed E-state index contributed by atoms with van der Waals surface area (Å²) >= 11 is 0. The fourth-order valence-electron chi connectivity index (χ4n) is 3.10. The summed E-state index contributed by atoms with van der Waals surface area (Å²) in [5.74, 6) is 1.55. The second-order valence-corrected chi connectivity index (χ2v) is 6.45. The largest absolute Gasteiger partial charge is 0.497 e. The van der Waals surface area contributed by atoms with E-state index in [1.165, 1.54) is 0 Å². The smallest absolute Gasteiger partial charge is 0.253 e. The van der Waals surface area contributed by atoms with E-state index in [0.717, 1.165) is 11.5 Å². The molecule has 0 atom stereocenters. The molecule has 0 N–H and O–H groups in total. The fraction of sp³-hybridized carbons (Fsp3) is 0.333. The number of rotatable bonds is 6. The normalized spacial score (nSPS) is 14.7. The number of carbonyl (C=O) groups excluding carboxylic acids is 2. The van der Waals surface area contributed by atoms with Crippen molar-refractivity contribution in [1.29, 1.82) is 0 Å². The van der Waals surface area contributed by atoms with Gasteiger partial charge in [-0.1, -0.05) is 0 Å². The molecule has 1 saturated heterocycles. The SMILES string of the molecule is COc1ccc(C(=O)CN2CCN(C(=O)c3ccc(OC)cc3)CC2)cc1. The van der Waals surface area contributed by atoms with E-state index in [9.17, 15) is 9.59 Å². The van der Waals surface area contributed by atoms with Crippen LogP contribution in [0.15, 0.2) is 48.5 Å². The van der Waals surface area contributed by atoms with Gasteiger partial charge in [-0.2, -0.15) is 0 Å². The highest BCUT2D eigenvalue weighted by Gasteiger charge is 2.23. The minimum absolute atomic E-state index is 0.0128. The number of hydrogen-bond acceptors (Lipinski definition) is 5. The van der Waals surface area contributed by atoms with Crippen LogP contribution in [0.3, 0.4) is 0 Å². The van der Waals surface area contributed by atoms with Crippen LogP contribution in [0.25, 0.3) is 0 Å². The Morgan fingerprint density at radius 1 is 0.778 bits per heavy atom. The quantitative estimate of drug-likeness (QED) is 0.733. The molecule has 1 amide bonds. The van der Waals surface area contributed by atoms with Crippen molar-refractivity contribution in [2.75, 3.05) is 46.9 Å². The Balaban J connectivity index is 1.51. The van der Waals surface area contributed by atoms with Gasteiger partial charge in [-0.3, -0.25) is 14.5 Å². The van der Waals surface area contributed by atoms with Crippen LogP contribution in [0.1, 0.15) is 20.7 Å². The lowest BCUT2D eigenvalue weighted by atomic mass is 10.1. The molecule has 0 bridgehead atoms. The third-order valence-corrected chi connectivity index (χ3v) is 4.78. The Bertz CT molecular complexity index is 779. The maximum absolute atomic E-state index is 12.6. The zero-order valence-electron chi connectivity index (χ0n) is 15.7. The highest BCUT2D eigenvalue weighted by atomic mass is 16.5. The summed E-state index contributed by atoms with van der Waals surface area (Å²) in [5.41, 5.74) is 1.33. The molecule has 1 aliphatic rings. The van der Waals surface area contributed by atoms with Gasteiger partial charge in [0, 0.05) is 37.3 Å². The average Bonchev–Trinajstić information content (AvgIpc) is 2.74. The predicted octanol–water partition coefficient (Wildman–Crippen LogP) is 2.34. The Labute approximate surface area is 159 Å². The number of piperazine rings is 1. The predicted molar refractivity (Wildman–Crippen MR) is 103 cm³/mol. The zero-order chi connectivity index (χ0) is 19.2. The van der Waals surface area contributed by atoms with Crippen molar-refractivity contribution in [2.24, 2.45) is 0 Å². The van der Waals surface area contributed by atoms with Gasteiger partial charge in [-0.25, -0.2) is 0 Å². The number of carbonyl (C=O) groups is 2. The molecule has 1 heterocycles. The van der Waals surface area contributed by atoms with Crippen LogP contribution < -0.4 is 9.47 Å². The van der Waals surface area contributed by atoms with Crippen molar-refractivity contribution >= 4 is 11.7 Å². The van der Waals surface area contributed by atoms with E-state index in [-0.39, 0.29) is 11.7 Å². The highest BCUT2D eigenvalue weighted by Crippen LogP contribution is 2.15. The molecule has 6 nitrogen and oxygen atoms in total. The molecule has 2 aromatic rings. The number of benzene rings is 2. The van der Waals surface area contributed by atoms with Crippen LogP contribution >= 0.6 is 0 Å². The third-order valence-electron chi connectivity index (χ3n) is 4.78. The van der Waals surface area contributed by atoms with Gasteiger partial charge in [0.15, 0.2) is 5.78 Å². The minimum Gasteiger partial charge on any atom is -0.497 e. The summed E-state index contributed by atoms with van der Waals surface area (Å²) in [4.78, 5) is 29.0. The van der Waals surface area contributed by atoms with Gasteiger partial charge in [0.25, 0.3) is 5.91 Å². The molecule has 2 aromatic carbocycles. The molecular weight excluding hydrogens is 344 g/mol. The molecule has 0 radical (unpaired) electrons. The van der Waals surface area contributed by atoms with Crippen molar-refractivity contribution in [3.63, 3.8) is 0 Å². The average molecular weight is 368 g/mol. The lowest BCUT2D eigenvalue weighted by Crippen LogP contribution is -2.49. The number of ketones is 1. The molecule has 0 spiro atoms. The molecule has 27 heavy (non-hydrogen) atoms. The molecule has 0 aromatic heterocycles. The number of Topliss-reactive ketones (excluding diaryl/α,β-unsaturated/α-hetero) is 1. The van der Waals surface area contributed by atoms with Crippen molar-refractivity contribution < 1.29 is 19.1 Å². The number of hydrogen-bond donors (Lipinski definition) is 0. The maximum Gasteiger partial charge on any atom is 0.253 e. The first-order valence-electron chi connectivity index (χ1n) is 8.93. The van der Waals surface area contributed by atoms with E-state index < -0.39 is 0 Å². The van der Waals surface area contributed by atoms with E-state index in [1.54, 1.807) is 62.8 Å². The van der Waals surface area contributed by atoms with Crippen LogP contribution in [-0.4, -0.2) is 68.4 Å². The molecule has 142 valence electrons. The summed E-state index contributed by atoms with van der Waals surface area (Å²) in [5, 5.41) is 0. The molecule has 0 saturated carbocycles. The molecule has 6 heteroatoms. The van der Waals surface area contributed by atoms with Crippen LogP contribution in [-0.2, 0) is 0 Å². The van der Waals surface area contributed by atoms with Crippen molar-refractivity contribution in [1.82, 2.24) is 9.80 Å². The Hall–Kier alpha value is -2.86. The molecule has 1 fully saturated rings. The van der Waals surface area contributed by atoms with Gasteiger partial charge in [-0.15, -0.1) is 0 Å². The second-order valence-electron chi connectivity index (χ2n) is 6.45. The van der Waals surface area contributed by atoms with Gasteiger partial charge < -0.3 is 14.4 Å². The van der Waals surface area contributed by atoms with Crippen LogP contribution in [0, 0.1) is 0 Å². The highest BCUT2D eigenvalue weighted by molar-refractivity contribution is 5.97. The van der Waals surface area contributed by atoms with Gasteiger partial charge in [0.2, 0.25) is 0 Å². The number of nitrogens with zero attached hydrogens (tertiary/aromatic N) is 2. The van der Waals surface area contributed by atoms with E-state index in [1.807, 2.05) is 4.90 Å². The van der Waals surface area contributed by atoms with Crippen LogP contribution in [0.5, 0.6) is 11.5 Å². The summed E-state index contributed by atoms with van der Waals surface area (Å²) in [6.45, 7) is 2.95. The lowest BCUT2D eigenvalue weighted by molar-refractivity contribution is 0.0624. The first-order valence-corrected chi connectivity index (χ1v) is 8.93. The topological polar surface area (TPSA) is 59.1 Å². The number of ether oxygens (including phenoxy) is 2. The van der Waals surface area contributed by atoms with Crippen LogP contribution in [0.2, 0.25) is 0 Å². The van der Waals surface area contributed by atoms with Gasteiger partial charge in [0.1, 0.15) is 11.5 Å². The Kier molecular flexibility index (Phi) is 6.08.